The van der Waals surface area contributed by atoms with Crippen molar-refractivity contribution in [1.29, 1.82) is 0 Å². The Bertz CT molecular complexity index is 3370. The predicted octanol–water partition coefficient (Wildman–Crippen LogP) is 12.0. The number of hydrogen-bond acceptors (Lipinski definition) is 3. The van der Waals surface area contributed by atoms with Gasteiger partial charge >= 0.3 is 0 Å². The minimum atomic E-state index is 0.672. The zero-order valence-corrected chi connectivity index (χ0v) is 27.2. The molecular formula is C46H26N4O. The largest absolute Gasteiger partial charge is 0.452 e. The Balaban J connectivity index is 1.11. The van der Waals surface area contributed by atoms with Crippen molar-refractivity contribution in [2.24, 2.45) is 0 Å². The van der Waals surface area contributed by atoms with Gasteiger partial charge in [0.1, 0.15) is 16.8 Å². The second-order valence-electron chi connectivity index (χ2n) is 13.4. The molecule has 0 aliphatic rings. The molecule has 12 rings (SSSR count). The smallest absolute Gasteiger partial charge is 0.180 e. The Kier molecular flexibility index (Phi) is 5.17. The normalized spacial score (nSPS) is 12.3. The van der Waals surface area contributed by atoms with Crippen LogP contribution in [-0.4, -0.2) is 18.9 Å². The molecule has 5 heterocycles. The van der Waals surface area contributed by atoms with Gasteiger partial charge in [-0.15, -0.1) is 0 Å². The molecule has 0 bridgehead atoms. The van der Waals surface area contributed by atoms with Crippen LogP contribution in [0.4, 0.5) is 0 Å². The van der Waals surface area contributed by atoms with Crippen molar-refractivity contribution in [3.05, 3.63) is 158 Å². The zero-order valence-electron chi connectivity index (χ0n) is 27.2. The van der Waals surface area contributed by atoms with Gasteiger partial charge in [0, 0.05) is 54.5 Å². The average Bonchev–Trinajstić information content (AvgIpc) is 3.93. The maximum atomic E-state index is 6.37. The lowest BCUT2D eigenvalue weighted by Crippen LogP contribution is -1.95. The molecular weight excluding hydrogens is 625 g/mol. The number of para-hydroxylation sites is 4. The summed E-state index contributed by atoms with van der Waals surface area (Å²) in [5.41, 5.74) is 12.2. The van der Waals surface area contributed by atoms with Crippen molar-refractivity contribution in [2.45, 2.75) is 0 Å². The molecule has 5 nitrogen and oxygen atoms in total. The number of aromatic nitrogens is 4. The topological polar surface area (TPSA) is 48.3 Å². The zero-order chi connectivity index (χ0) is 33.2. The van der Waals surface area contributed by atoms with Gasteiger partial charge in [-0.2, -0.15) is 0 Å². The number of benzene rings is 7. The molecule has 236 valence electrons. The minimum Gasteiger partial charge on any atom is -0.452 e. The van der Waals surface area contributed by atoms with Gasteiger partial charge in [0.05, 0.1) is 27.6 Å². The van der Waals surface area contributed by atoms with E-state index in [1.54, 1.807) is 0 Å². The van der Waals surface area contributed by atoms with E-state index in [4.69, 9.17) is 14.4 Å². The van der Waals surface area contributed by atoms with Gasteiger partial charge in [-0.3, -0.25) is 0 Å². The average molecular weight is 651 g/mol. The van der Waals surface area contributed by atoms with Gasteiger partial charge in [0.25, 0.3) is 0 Å². The highest BCUT2D eigenvalue weighted by molar-refractivity contribution is 6.23. The van der Waals surface area contributed by atoms with Crippen molar-refractivity contribution in [3.63, 3.8) is 0 Å². The Morgan fingerprint density at radius 1 is 0.431 bits per heavy atom. The molecule has 12 aromatic rings. The summed E-state index contributed by atoms with van der Waals surface area (Å²) in [6, 6.07) is 55.9. The Morgan fingerprint density at radius 3 is 1.94 bits per heavy atom. The summed E-state index contributed by atoms with van der Waals surface area (Å²) in [6.45, 7) is 0. The molecule has 0 saturated carbocycles. The van der Waals surface area contributed by atoms with Gasteiger partial charge < -0.3 is 13.4 Å². The van der Waals surface area contributed by atoms with Gasteiger partial charge in [0.15, 0.2) is 11.4 Å². The molecule has 51 heavy (non-hydrogen) atoms. The van der Waals surface area contributed by atoms with Crippen LogP contribution in [0.25, 0.3) is 110 Å². The van der Waals surface area contributed by atoms with E-state index >= 15 is 0 Å². The molecule has 5 heteroatoms. The summed E-state index contributed by atoms with van der Waals surface area (Å²) in [7, 11) is 0. The van der Waals surface area contributed by atoms with Gasteiger partial charge in [-0.25, -0.2) is 9.97 Å². The molecule has 0 aliphatic heterocycles. The number of hydrogen-bond donors (Lipinski definition) is 0. The summed E-state index contributed by atoms with van der Waals surface area (Å²) in [5, 5.41) is 8.46. The van der Waals surface area contributed by atoms with Crippen LogP contribution in [0.2, 0.25) is 0 Å². The van der Waals surface area contributed by atoms with Crippen molar-refractivity contribution < 1.29 is 4.42 Å². The summed E-state index contributed by atoms with van der Waals surface area (Å²) >= 11 is 0. The van der Waals surface area contributed by atoms with E-state index in [1.165, 1.54) is 43.5 Å². The molecule has 0 saturated heterocycles. The monoisotopic (exact) mass is 650 g/mol. The summed E-state index contributed by atoms with van der Waals surface area (Å²) in [5.74, 6) is 0.672. The van der Waals surface area contributed by atoms with Crippen molar-refractivity contribution in [1.82, 2.24) is 18.9 Å². The van der Waals surface area contributed by atoms with Gasteiger partial charge in [-0.1, -0.05) is 103 Å². The highest BCUT2D eigenvalue weighted by Gasteiger charge is 2.21. The Labute approximate surface area is 290 Å². The molecule has 0 aliphatic carbocycles. The lowest BCUT2D eigenvalue weighted by molar-refractivity contribution is 0.667. The van der Waals surface area contributed by atoms with Gasteiger partial charge in [0.2, 0.25) is 0 Å². The van der Waals surface area contributed by atoms with Crippen LogP contribution < -0.4 is 0 Å². The van der Waals surface area contributed by atoms with Crippen LogP contribution in [-0.2, 0) is 0 Å². The first-order valence-corrected chi connectivity index (χ1v) is 17.3. The second-order valence-corrected chi connectivity index (χ2v) is 13.4. The number of fused-ring (bicyclic) bond motifs is 12. The molecule has 0 fully saturated rings. The highest BCUT2D eigenvalue weighted by Crippen LogP contribution is 2.42. The maximum Gasteiger partial charge on any atom is 0.180 e. The first kappa shape index (κ1) is 26.9. The third-order valence-electron chi connectivity index (χ3n) is 10.7. The van der Waals surface area contributed by atoms with E-state index in [0.29, 0.717) is 11.4 Å². The van der Waals surface area contributed by atoms with Crippen LogP contribution >= 0.6 is 0 Å². The third-order valence-corrected chi connectivity index (χ3v) is 10.7. The maximum absolute atomic E-state index is 6.37. The highest BCUT2D eigenvalue weighted by atomic mass is 16.3. The van der Waals surface area contributed by atoms with Crippen molar-refractivity contribution >= 4 is 82.0 Å². The summed E-state index contributed by atoms with van der Waals surface area (Å²) in [6.07, 6.45) is 0. The van der Waals surface area contributed by atoms with Crippen LogP contribution in [0.3, 0.4) is 0 Å². The first-order chi connectivity index (χ1) is 25.3. The molecule has 0 spiro atoms. The fourth-order valence-corrected chi connectivity index (χ4v) is 8.46. The van der Waals surface area contributed by atoms with E-state index in [0.717, 1.165) is 55.4 Å². The molecule has 0 atom stereocenters. The predicted molar refractivity (Wildman–Crippen MR) is 209 cm³/mol. The summed E-state index contributed by atoms with van der Waals surface area (Å²) in [4.78, 5) is 10.3. The van der Waals surface area contributed by atoms with Gasteiger partial charge in [-0.05, 0) is 54.6 Å². The van der Waals surface area contributed by atoms with Crippen LogP contribution in [0.15, 0.2) is 162 Å². The van der Waals surface area contributed by atoms with E-state index in [2.05, 4.69) is 130 Å². The quantitative estimate of drug-likeness (QED) is 0.191. The molecule has 0 amide bonds. The van der Waals surface area contributed by atoms with E-state index in [9.17, 15) is 0 Å². The lowest BCUT2D eigenvalue weighted by Gasteiger charge is -2.10. The van der Waals surface area contributed by atoms with E-state index < -0.39 is 0 Å². The Hall–Kier alpha value is -6.98. The molecule has 7 aromatic carbocycles. The number of rotatable bonds is 3. The first-order valence-electron chi connectivity index (χ1n) is 17.3. The summed E-state index contributed by atoms with van der Waals surface area (Å²) < 4.78 is 11.2. The lowest BCUT2D eigenvalue weighted by atomic mass is 10.1. The Morgan fingerprint density at radius 2 is 1.10 bits per heavy atom. The standard InChI is InChI=1S/C46H26N4O/c1-2-11-27(12-3-1)42-45-43(35-15-6-9-20-41(35)51-45)48-46(47-42)28-21-24-39-36(25-28)31-14-5-7-18-37(31)49(39)29-22-23-32-34-17-10-16-33-30-13-4-8-19-38(30)50(44(33)34)40(32)26-29/h1-26H. The third kappa shape index (κ3) is 3.59. The van der Waals surface area contributed by atoms with Crippen molar-refractivity contribution in [2.75, 3.05) is 0 Å². The van der Waals surface area contributed by atoms with E-state index in [1.807, 2.05) is 36.4 Å². The molecule has 0 unspecified atom stereocenters. The molecule has 0 radical (unpaired) electrons. The minimum absolute atomic E-state index is 0.672. The van der Waals surface area contributed by atoms with Crippen LogP contribution in [0.1, 0.15) is 0 Å². The fourth-order valence-electron chi connectivity index (χ4n) is 8.46. The second kappa shape index (κ2) is 9.80. The number of nitrogens with zero attached hydrogens (tertiary/aromatic N) is 4. The van der Waals surface area contributed by atoms with Crippen LogP contribution in [0, 0.1) is 0 Å². The van der Waals surface area contributed by atoms with Crippen LogP contribution in [0.5, 0.6) is 0 Å². The van der Waals surface area contributed by atoms with Crippen molar-refractivity contribution in [3.8, 4) is 28.3 Å². The molecule has 0 N–H and O–H groups in total. The molecule has 5 aromatic heterocycles. The fraction of sp³-hybridized carbons (Fsp3) is 0. The SMILES string of the molecule is c1ccc(-c2nc(-c3ccc4c(c3)c3ccccc3n4-c3ccc4c5cccc6c7ccccc7n(c4c3)c65)nc3c2oc2ccccc23)cc1. The van der Waals surface area contributed by atoms with E-state index in [-0.39, 0.29) is 0 Å². The number of furan rings is 1.